The van der Waals surface area contributed by atoms with Crippen molar-refractivity contribution < 1.29 is 4.79 Å². The van der Waals surface area contributed by atoms with Crippen LogP contribution in [0.1, 0.15) is 27.0 Å². The Balaban J connectivity index is 2.17. The summed E-state index contributed by atoms with van der Waals surface area (Å²) in [6.45, 7) is 2.77. The predicted molar refractivity (Wildman–Crippen MR) is 80.4 cm³/mol. The minimum atomic E-state index is -0.477. The lowest BCUT2D eigenvalue weighted by Gasteiger charge is -2.11. The van der Waals surface area contributed by atoms with E-state index in [1.54, 1.807) is 29.5 Å². The molecule has 1 amide bonds. The minimum Gasteiger partial charge on any atom is -0.397 e. The number of nitrogens with two attached hydrogens (primary N) is 2. The number of amides is 1. The van der Waals surface area contributed by atoms with Crippen molar-refractivity contribution in [2.75, 3.05) is 11.1 Å². The van der Waals surface area contributed by atoms with Gasteiger partial charge < -0.3 is 16.8 Å². The molecule has 0 radical (unpaired) electrons. The molecule has 1 heterocycles. The van der Waals surface area contributed by atoms with E-state index in [0.717, 1.165) is 6.42 Å². The van der Waals surface area contributed by atoms with Crippen LogP contribution in [0, 0.1) is 0 Å². The molecule has 0 bridgehead atoms. The summed E-state index contributed by atoms with van der Waals surface area (Å²) in [6.07, 6.45) is 1.03. The number of hydrogen-bond acceptors (Lipinski definition) is 4. The van der Waals surface area contributed by atoms with E-state index in [0.29, 0.717) is 23.5 Å². The molecule has 1 aromatic carbocycles. The molecule has 0 fully saturated rings. The molecule has 0 aliphatic heterocycles. The molecule has 100 valence electrons. The Morgan fingerprint density at radius 2 is 2.00 bits per heavy atom. The van der Waals surface area contributed by atoms with E-state index in [-0.39, 0.29) is 0 Å². The highest BCUT2D eigenvalue weighted by Gasteiger charge is 2.10. The molecule has 1 aromatic heterocycles. The summed E-state index contributed by atoms with van der Waals surface area (Å²) in [5.41, 5.74) is 12.8. The van der Waals surface area contributed by atoms with E-state index in [2.05, 4.69) is 24.4 Å². The summed E-state index contributed by atoms with van der Waals surface area (Å²) < 4.78 is 0. The van der Waals surface area contributed by atoms with Crippen LogP contribution in [0.25, 0.3) is 0 Å². The molecule has 0 unspecified atom stereocenters. The largest absolute Gasteiger partial charge is 0.397 e. The molecule has 2 aromatic rings. The van der Waals surface area contributed by atoms with Crippen LogP contribution < -0.4 is 16.8 Å². The van der Waals surface area contributed by atoms with Crippen LogP contribution in [0.15, 0.2) is 30.3 Å². The van der Waals surface area contributed by atoms with Gasteiger partial charge in [-0.15, -0.1) is 11.3 Å². The van der Waals surface area contributed by atoms with Crippen molar-refractivity contribution in [1.82, 2.24) is 0 Å². The Kier molecular flexibility index (Phi) is 4.06. The predicted octanol–water partition coefficient (Wildman–Crippen LogP) is 2.60. The Hall–Kier alpha value is -2.01. The molecule has 0 saturated carbocycles. The van der Waals surface area contributed by atoms with Crippen LogP contribution in [0.4, 0.5) is 11.4 Å². The molecule has 0 spiro atoms. The van der Waals surface area contributed by atoms with Crippen molar-refractivity contribution in [2.45, 2.75) is 19.9 Å². The Bertz CT molecular complexity index is 592. The van der Waals surface area contributed by atoms with Crippen molar-refractivity contribution in [3.63, 3.8) is 0 Å². The molecule has 4 nitrogen and oxygen atoms in total. The fraction of sp³-hybridized carbons (Fsp3) is 0.214. The second kappa shape index (κ2) is 5.75. The van der Waals surface area contributed by atoms with Crippen molar-refractivity contribution in [1.29, 1.82) is 0 Å². The summed E-state index contributed by atoms with van der Waals surface area (Å²) in [6, 6.07) is 9.35. The smallest absolute Gasteiger partial charge is 0.250 e. The van der Waals surface area contributed by atoms with Crippen LogP contribution in [0.2, 0.25) is 0 Å². The van der Waals surface area contributed by atoms with Gasteiger partial charge in [0.15, 0.2) is 0 Å². The van der Waals surface area contributed by atoms with E-state index in [1.165, 1.54) is 9.75 Å². The zero-order valence-corrected chi connectivity index (χ0v) is 11.6. The third-order valence-electron chi connectivity index (χ3n) is 2.87. The number of nitrogens with one attached hydrogen (secondary N) is 1. The molecule has 5 N–H and O–H groups in total. The van der Waals surface area contributed by atoms with Gasteiger partial charge in [-0.25, -0.2) is 0 Å². The standard InChI is InChI=1S/C14H17N3OS/c1-2-9-6-7-10(19-9)8-17-13-11(14(16)18)4-3-5-12(13)15/h3-7,17H,2,8,15H2,1H3,(H2,16,18). The van der Waals surface area contributed by atoms with Gasteiger partial charge in [0.25, 0.3) is 5.91 Å². The molecular weight excluding hydrogens is 258 g/mol. The highest BCUT2D eigenvalue weighted by molar-refractivity contribution is 7.12. The number of carbonyl (C=O) groups excluding carboxylic acids is 1. The first-order valence-electron chi connectivity index (χ1n) is 6.11. The van der Waals surface area contributed by atoms with E-state index in [1.807, 2.05) is 0 Å². The van der Waals surface area contributed by atoms with Gasteiger partial charge in [-0.3, -0.25) is 4.79 Å². The lowest BCUT2D eigenvalue weighted by Crippen LogP contribution is -2.15. The number of rotatable bonds is 5. The van der Waals surface area contributed by atoms with Gasteiger partial charge >= 0.3 is 0 Å². The van der Waals surface area contributed by atoms with Crippen LogP contribution in [-0.4, -0.2) is 5.91 Å². The Morgan fingerprint density at radius 1 is 1.26 bits per heavy atom. The maximum atomic E-state index is 11.4. The number of aryl methyl sites for hydroxylation is 1. The zero-order chi connectivity index (χ0) is 13.8. The Labute approximate surface area is 116 Å². The number of anilines is 2. The van der Waals surface area contributed by atoms with Crippen LogP contribution in [0.5, 0.6) is 0 Å². The summed E-state index contributed by atoms with van der Waals surface area (Å²) >= 11 is 1.75. The van der Waals surface area contributed by atoms with Gasteiger partial charge in [-0.1, -0.05) is 13.0 Å². The van der Waals surface area contributed by atoms with Gasteiger partial charge in [0.2, 0.25) is 0 Å². The van der Waals surface area contributed by atoms with Crippen molar-refractivity contribution in [3.05, 3.63) is 45.6 Å². The monoisotopic (exact) mass is 275 g/mol. The van der Waals surface area contributed by atoms with Crippen molar-refractivity contribution >= 4 is 28.6 Å². The molecule has 0 aliphatic rings. The average molecular weight is 275 g/mol. The molecular formula is C14H17N3OS. The first-order chi connectivity index (χ1) is 9.11. The normalized spacial score (nSPS) is 10.4. The van der Waals surface area contributed by atoms with E-state index >= 15 is 0 Å². The molecule has 0 aliphatic carbocycles. The van der Waals surface area contributed by atoms with Crippen LogP contribution in [-0.2, 0) is 13.0 Å². The molecule has 19 heavy (non-hydrogen) atoms. The fourth-order valence-electron chi connectivity index (χ4n) is 1.86. The molecule has 2 rings (SSSR count). The van der Waals surface area contributed by atoms with Crippen molar-refractivity contribution in [2.24, 2.45) is 5.73 Å². The first-order valence-corrected chi connectivity index (χ1v) is 6.93. The number of primary amides is 1. The van der Waals surface area contributed by atoms with Gasteiger partial charge in [0.1, 0.15) is 0 Å². The summed E-state index contributed by atoms with van der Waals surface area (Å²) in [5.74, 6) is -0.477. The number of hydrogen-bond donors (Lipinski definition) is 3. The lowest BCUT2D eigenvalue weighted by atomic mass is 10.1. The van der Waals surface area contributed by atoms with E-state index < -0.39 is 5.91 Å². The number of nitrogen functional groups attached to an aromatic ring is 1. The van der Waals surface area contributed by atoms with Crippen LogP contribution in [0.3, 0.4) is 0 Å². The van der Waals surface area contributed by atoms with Crippen LogP contribution >= 0.6 is 11.3 Å². The Morgan fingerprint density at radius 3 is 2.63 bits per heavy atom. The highest BCUT2D eigenvalue weighted by Crippen LogP contribution is 2.25. The molecule has 5 heteroatoms. The maximum absolute atomic E-state index is 11.4. The van der Waals surface area contributed by atoms with Crippen molar-refractivity contribution in [3.8, 4) is 0 Å². The van der Waals surface area contributed by atoms with E-state index in [9.17, 15) is 4.79 Å². The average Bonchev–Trinajstić information content (AvgIpc) is 2.85. The highest BCUT2D eigenvalue weighted by atomic mass is 32.1. The first kappa shape index (κ1) is 13.4. The van der Waals surface area contributed by atoms with Gasteiger partial charge in [0.05, 0.1) is 16.9 Å². The second-order valence-corrected chi connectivity index (χ2v) is 5.46. The summed E-state index contributed by atoms with van der Waals surface area (Å²) in [4.78, 5) is 13.9. The topological polar surface area (TPSA) is 81.1 Å². The zero-order valence-electron chi connectivity index (χ0n) is 10.8. The fourth-order valence-corrected chi connectivity index (χ4v) is 2.75. The quantitative estimate of drug-likeness (QED) is 0.734. The lowest BCUT2D eigenvalue weighted by molar-refractivity contribution is 0.100. The second-order valence-electron chi connectivity index (χ2n) is 4.21. The van der Waals surface area contributed by atoms with Gasteiger partial charge in [-0.2, -0.15) is 0 Å². The molecule has 0 atom stereocenters. The van der Waals surface area contributed by atoms with Gasteiger partial charge in [0, 0.05) is 16.3 Å². The number of para-hydroxylation sites is 1. The number of thiophene rings is 1. The summed E-state index contributed by atoms with van der Waals surface area (Å²) in [7, 11) is 0. The van der Waals surface area contributed by atoms with Gasteiger partial charge in [-0.05, 0) is 30.7 Å². The van der Waals surface area contributed by atoms with E-state index in [4.69, 9.17) is 11.5 Å². The molecule has 0 saturated heterocycles. The number of carbonyl (C=O) groups is 1. The SMILES string of the molecule is CCc1ccc(CNc2c(N)cccc2C(N)=O)s1. The minimum absolute atomic E-state index is 0.423. The third-order valence-corrected chi connectivity index (χ3v) is 4.10. The number of benzene rings is 1. The maximum Gasteiger partial charge on any atom is 0.250 e. The summed E-state index contributed by atoms with van der Waals surface area (Å²) in [5, 5.41) is 3.20. The third kappa shape index (κ3) is 3.06.